The van der Waals surface area contributed by atoms with Gasteiger partial charge in [0.25, 0.3) is 15.9 Å². The minimum absolute atomic E-state index is 0.0348. The summed E-state index contributed by atoms with van der Waals surface area (Å²) in [7, 11) is 0. The molecule has 0 heterocycles. The van der Waals surface area contributed by atoms with E-state index in [9.17, 15) is 35.1 Å². The van der Waals surface area contributed by atoms with Crippen LogP contribution in [0, 0.1) is 36.3 Å². The molecule has 140 valence electrons. The van der Waals surface area contributed by atoms with E-state index in [4.69, 9.17) is 4.74 Å². The third-order valence-corrected chi connectivity index (χ3v) is 3.75. The molecule has 13 nitrogen and oxygen atoms in total. The molecule has 1 saturated carbocycles. The first-order chi connectivity index (χ1) is 12.3. The number of non-ortho nitro benzene ring substituents is 1. The van der Waals surface area contributed by atoms with Crippen molar-refractivity contribution in [2.24, 2.45) is 5.92 Å². The zero-order valence-corrected chi connectivity index (χ0v) is 13.1. The number of rotatable bonds is 8. The van der Waals surface area contributed by atoms with Gasteiger partial charge >= 0.3 is 5.97 Å². The maximum Gasteiger partial charge on any atom is 0.338 e. The van der Waals surface area contributed by atoms with Gasteiger partial charge in [-0.25, -0.2) is 4.79 Å². The summed E-state index contributed by atoms with van der Waals surface area (Å²) in [5, 5.41) is 29.3. The first-order valence-corrected chi connectivity index (χ1v) is 7.30. The predicted molar refractivity (Wildman–Crippen MR) is 79.8 cm³/mol. The van der Waals surface area contributed by atoms with E-state index in [1.165, 1.54) is 12.1 Å². The van der Waals surface area contributed by atoms with Crippen molar-refractivity contribution < 1.29 is 34.3 Å². The van der Waals surface area contributed by atoms with E-state index in [0.29, 0.717) is 0 Å². The fraction of sp³-hybridized carbons (Fsp3) is 0.462. The van der Waals surface area contributed by atoms with E-state index >= 15 is 0 Å². The lowest BCUT2D eigenvalue weighted by atomic mass is 10.1. The number of hydrogen-bond acceptors (Lipinski definition) is 10. The van der Waals surface area contributed by atoms with Gasteiger partial charge in [0.05, 0.1) is 17.1 Å². The van der Waals surface area contributed by atoms with Crippen LogP contribution in [0.25, 0.3) is 0 Å². The molecule has 2 rings (SSSR count). The number of hydrogen-bond donors (Lipinski definition) is 0. The highest BCUT2D eigenvalue weighted by Gasteiger charge is 2.40. The Morgan fingerprint density at radius 3 is 1.88 bits per heavy atom. The third-order valence-electron chi connectivity index (χ3n) is 3.75. The van der Waals surface area contributed by atoms with Crippen LogP contribution < -0.4 is 0 Å². The van der Waals surface area contributed by atoms with Crippen molar-refractivity contribution in [1.29, 1.82) is 0 Å². The number of carbonyl (C=O) groups is 1. The van der Waals surface area contributed by atoms with Gasteiger partial charge in [-0.15, -0.1) is 20.2 Å². The Morgan fingerprint density at radius 1 is 0.962 bits per heavy atom. The number of carbonyl (C=O) groups excluding carboxylic acids is 1. The van der Waals surface area contributed by atoms with Crippen molar-refractivity contribution in [2.75, 3.05) is 6.61 Å². The van der Waals surface area contributed by atoms with Gasteiger partial charge in [0.15, 0.2) is 0 Å². The number of benzene rings is 1. The first-order valence-electron chi connectivity index (χ1n) is 7.30. The van der Waals surface area contributed by atoms with Crippen molar-refractivity contribution >= 4 is 11.7 Å². The molecule has 2 unspecified atom stereocenters. The average molecular weight is 371 g/mol. The molecule has 0 aliphatic heterocycles. The number of nitro benzene ring substituents is 1. The maximum atomic E-state index is 11.9. The molecule has 0 bridgehead atoms. The van der Waals surface area contributed by atoms with Crippen LogP contribution in [-0.2, 0) is 14.4 Å². The third kappa shape index (κ3) is 4.99. The smallest absolute Gasteiger partial charge is 0.338 e. The van der Waals surface area contributed by atoms with Gasteiger partial charge in [0, 0.05) is 12.1 Å². The summed E-state index contributed by atoms with van der Waals surface area (Å²) >= 11 is 0. The number of nitro groups is 1. The highest BCUT2D eigenvalue weighted by atomic mass is 17.0. The summed E-state index contributed by atoms with van der Waals surface area (Å²) in [4.78, 5) is 51.5. The molecule has 0 spiro atoms. The molecule has 1 aromatic carbocycles. The highest BCUT2D eigenvalue weighted by Crippen LogP contribution is 2.31. The molecule has 0 saturated heterocycles. The van der Waals surface area contributed by atoms with Crippen molar-refractivity contribution in [3.05, 3.63) is 60.2 Å². The molecule has 26 heavy (non-hydrogen) atoms. The topological polar surface area (TPSA) is 174 Å². The van der Waals surface area contributed by atoms with E-state index < -0.39 is 39.2 Å². The molecule has 1 fully saturated rings. The quantitative estimate of drug-likeness (QED) is 0.368. The van der Waals surface area contributed by atoms with Crippen LogP contribution >= 0.6 is 0 Å². The Labute approximate surface area is 144 Å². The highest BCUT2D eigenvalue weighted by molar-refractivity contribution is 5.89. The van der Waals surface area contributed by atoms with Gasteiger partial charge in [-0.1, -0.05) is 0 Å². The minimum atomic E-state index is -1.14. The van der Waals surface area contributed by atoms with Crippen LogP contribution in [-0.4, -0.2) is 39.9 Å². The van der Waals surface area contributed by atoms with Crippen molar-refractivity contribution in [1.82, 2.24) is 0 Å². The number of esters is 1. The fourth-order valence-corrected chi connectivity index (χ4v) is 2.63. The summed E-state index contributed by atoms with van der Waals surface area (Å²) in [6, 6.07) is 4.75. The number of nitrogens with zero attached hydrogens (tertiary/aromatic N) is 3. The summed E-state index contributed by atoms with van der Waals surface area (Å²) in [5.74, 6) is -1.18. The lowest BCUT2D eigenvalue weighted by Gasteiger charge is -2.14. The van der Waals surface area contributed by atoms with Gasteiger partial charge in [-0.2, -0.15) is 0 Å². The molecular weight excluding hydrogens is 358 g/mol. The Morgan fingerprint density at radius 2 is 1.46 bits per heavy atom. The van der Waals surface area contributed by atoms with Crippen LogP contribution in [0.15, 0.2) is 24.3 Å². The Hall–Kier alpha value is -3.51. The molecule has 2 atom stereocenters. The molecule has 13 heteroatoms. The largest absolute Gasteiger partial charge is 0.462 e. The Balaban J connectivity index is 1.91. The number of ether oxygens (including phenoxy) is 1. The molecule has 1 aliphatic rings. The van der Waals surface area contributed by atoms with E-state index in [0.717, 1.165) is 12.1 Å². The van der Waals surface area contributed by atoms with Crippen molar-refractivity contribution in [3.63, 3.8) is 0 Å². The van der Waals surface area contributed by atoms with E-state index in [1.807, 2.05) is 0 Å². The maximum absolute atomic E-state index is 11.9. The Bertz CT molecular complexity index is 683. The molecule has 1 aliphatic carbocycles. The van der Waals surface area contributed by atoms with E-state index in [2.05, 4.69) is 9.68 Å². The molecule has 0 aromatic heterocycles. The zero-order valence-electron chi connectivity index (χ0n) is 13.1. The second kappa shape index (κ2) is 8.04. The summed E-state index contributed by atoms with van der Waals surface area (Å²) in [5.41, 5.74) is -0.0957. The minimum Gasteiger partial charge on any atom is -0.462 e. The second-order valence-corrected chi connectivity index (χ2v) is 5.47. The van der Waals surface area contributed by atoms with Gasteiger partial charge in [0.1, 0.15) is 12.2 Å². The Kier molecular flexibility index (Phi) is 5.82. The standard InChI is InChI=1S/C13H13N3O10/c17-13(9-1-3-10(4-2-9)14(18)19)24-7-8-5-11(25-15(20)21)12(6-8)26-16(22)23/h1-4,8,11-12H,5-7H2. The van der Waals surface area contributed by atoms with Crippen LogP contribution in [0.2, 0.25) is 0 Å². The van der Waals surface area contributed by atoms with Crippen molar-refractivity contribution in [2.45, 2.75) is 25.0 Å². The van der Waals surface area contributed by atoms with Crippen molar-refractivity contribution in [3.8, 4) is 0 Å². The van der Waals surface area contributed by atoms with Gasteiger partial charge in [0.2, 0.25) is 0 Å². The summed E-state index contributed by atoms with van der Waals surface area (Å²) in [6.45, 7) is -0.162. The lowest BCUT2D eigenvalue weighted by molar-refractivity contribution is -0.797. The SMILES string of the molecule is O=C(OCC1CC(O[N+](=O)[O-])C(O[N+](=O)[O-])C1)c1ccc([N+](=O)[O-])cc1. The van der Waals surface area contributed by atoms with Crippen LogP contribution in [0.3, 0.4) is 0 Å². The molecule has 0 amide bonds. The second-order valence-electron chi connectivity index (χ2n) is 5.47. The van der Waals surface area contributed by atoms with Gasteiger partial charge < -0.3 is 14.4 Å². The average Bonchev–Trinajstić information content (AvgIpc) is 2.92. The molecular formula is C13H13N3O10. The lowest BCUT2D eigenvalue weighted by Crippen LogP contribution is -2.30. The molecule has 0 radical (unpaired) electrons. The van der Waals surface area contributed by atoms with E-state index in [1.54, 1.807) is 0 Å². The predicted octanol–water partition coefficient (Wildman–Crippen LogP) is 1.32. The van der Waals surface area contributed by atoms with E-state index in [-0.39, 0.29) is 30.7 Å². The monoisotopic (exact) mass is 371 g/mol. The summed E-state index contributed by atoms with van der Waals surface area (Å²) < 4.78 is 5.06. The fourth-order valence-electron chi connectivity index (χ4n) is 2.63. The summed E-state index contributed by atoms with van der Waals surface area (Å²) in [6.07, 6.45) is -2.21. The first kappa shape index (κ1) is 18.8. The van der Waals surface area contributed by atoms with Gasteiger partial charge in [-0.3, -0.25) is 10.1 Å². The van der Waals surface area contributed by atoms with Crippen LogP contribution in [0.5, 0.6) is 0 Å². The normalized spacial score (nSPS) is 21.6. The van der Waals surface area contributed by atoms with Gasteiger partial charge in [-0.05, 0) is 30.9 Å². The molecule has 0 N–H and O–H groups in total. The zero-order chi connectivity index (χ0) is 19.3. The van der Waals surface area contributed by atoms with Crippen LogP contribution in [0.4, 0.5) is 5.69 Å². The molecule has 1 aromatic rings. The van der Waals surface area contributed by atoms with Crippen LogP contribution in [0.1, 0.15) is 23.2 Å².